The number of hydrogen-bond acceptors (Lipinski definition) is 4. The summed E-state index contributed by atoms with van der Waals surface area (Å²) in [6, 6.07) is 5.41. The SMILES string of the molecule is COC(=O)c1ccc(NC(C)C(C)(C)C)c(N)c1. The van der Waals surface area contributed by atoms with E-state index in [1.54, 1.807) is 12.1 Å². The topological polar surface area (TPSA) is 64.3 Å². The molecule has 1 rings (SSSR count). The van der Waals surface area contributed by atoms with Gasteiger partial charge in [-0.2, -0.15) is 0 Å². The van der Waals surface area contributed by atoms with Gasteiger partial charge < -0.3 is 15.8 Å². The highest BCUT2D eigenvalue weighted by molar-refractivity contribution is 5.91. The molecule has 0 aliphatic carbocycles. The summed E-state index contributed by atoms with van der Waals surface area (Å²) in [7, 11) is 1.35. The second-order valence-corrected chi connectivity index (χ2v) is 5.53. The van der Waals surface area contributed by atoms with Crippen molar-refractivity contribution in [2.24, 2.45) is 5.41 Å². The highest BCUT2D eigenvalue weighted by atomic mass is 16.5. The summed E-state index contributed by atoms with van der Waals surface area (Å²) in [5.41, 5.74) is 7.92. The molecule has 1 atom stereocenters. The Balaban J connectivity index is 2.90. The number of rotatable bonds is 3. The molecule has 4 nitrogen and oxygen atoms in total. The van der Waals surface area contributed by atoms with Gasteiger partial charge in [-0.05, 0) is 30.5 Å². The second-order valence-electron chi connectivity index (χ2n) is 5.53. The highest BCUT2D eigenvalue weighted by Crippen LogP contribution is 2.26. The first-order chi connectivity index (χ1) is 8.25. The van der Waals surface area contributed by atoms with Crippen LogP contribution < -0.4 is 11.1 Å². The predicted octanol–water partition coefficient (Wildman–Crippen LogP) is 2.90. The fraction of sp³-hybridized carbons (Fsp3) is 0.500. The number of esters is 1. The molecule has 1 aromatic carbocycles. The van der Waals surface area contributed by atoms with Gasteiger partial charge in [-0.25, -0.2) is 4.79 Å². The van der Waals surface area contributed by atoms with E-state index in [0.717, 1.165) is 5.69 Å². The lowest BCUT2D eigenvalue weighted by Crippen LogP contribution is -2.31. The van der Waals surface area contributed by atoms with Gasteiger partial charge in [-0.3, -0.25) is 0 Å². The summed E-state index contributed by atoms with van der Waals surface area (Å²) in [5.74, 6) is -0.378. The summed E-state index contributed by atoms with van der Waals surface area (Å²) in [6.45, 7) is 8.57. The molecule has 0 bridgehead atoms. The van der Waals surface area contributed by atoms with Crippen LogP contribution in [0.1, 0.15) is 38.1 Å². The molecule has 0 amide bonds. The fourth-order valence-electron chi connectivity index (χ4n) is 1.39. The molecule has 0 aliphatic heterocycles. The van der Waals surface area contributed by atoms with Crippen LogP contribution in [0.3, 0.4) is 0 Å². The minimum atomic E-state index is -0.378. The van der Waals surface area contributed by atoms with Crippen molar-refractivity contribution in [3.63, 3.8) is 0 Å². The van der Waals surface area contributed by atoms with Crippen LogP contribution in [0.4, 0.5) is 11.4 Å². The number of nitrogens with two attached hydrogens (primary N) is 1. The van der Waals surface area contributed by atoms with Crippen molar-refractivity contribution < 1.29 is 9.53 Å². The standard InChI is InChI=1S/C14H22N2O2/c1-9(14(2,3)4)16-12-7-6-10(8-11(12)15)13(17)18-5/h6-9,16H,15H2,1-5H3. The number of methoxy groups -OCH3 is 1. The van der Waals surface area contributed by atoms with Gasteiger partial charge in [0.25, 0.3) is 0 Å². The Morgan fingerprint density at radius 2 is 2.00 bits per heavy atom. The lowest BCUT2D eigenvalue weighted by atomic mass is 9.88. The van der Waals surface area contributed by atoms with Crippen LogP contribution in [0.25, 0.3) is 0 Å². The molecule has 0 aromatic heterocycles. The van der Waals surface area contributed by atoms with Crippen molar-refractivity contribution >= 4 is 17.3 Å². The Hall–Kier alpha value is -1.71. The summed E-state index contributed by atoms with van der Waals surface area (Å²) in [6.07, 6.45) is 0. The smallest absolute Gasteiger partial charge is 0.337 e. The van der Waals surface area contributed by atoms with Crippen LogP contribution in [0.15, 0.2) is 18.2 Å². The summed E-state index contributed by atoms with van der Waals surface area (Å²) >= 11 is 0. The van der Waals surface area contributed by atoms with Crippen LogP contribution in [0.5, 0.6) is 0 Å². The molecule has 0 saturated heterocycles. The van der Waals surface area contributed by atoms with E-state index in [-0.39, 0.29) is 17.4 Å². The van der Waals surface area contributed by atoms with Gasteiger partial charge in [-0.1, -0.05) is 20.8 Å². The Kier molecular flexibility index (Phi) is 4.22. The Morgan fingerprint density at radius 3 is 2.44 bits per heavy atom. The summed E-state index contributed by atoms with van der Waals surface area (Å²) in [5, 5.41) is 3.36. The zero-order valence-corrected chi connectivity index (χ0v) is 11.7. The van der Waals surface area contributed by atoms with Gasteiger partial charge in [-0.15, -0.1) is 0 Å². The van der Waals surface area contributed by atoms with E-state index in [1.807, 2.05) is 6.07 Å². The maximum absolute atomic E-state index is 11.4. The number of nitrogen functional groups attached to an aromatic ring is 1. The summed E-state index contributed by atoms with van der Waals surface area (Å²) < 4.78 is 4.65. The molecular formula is C14H22N2O2. The zero-order valence-electron chi connectivity index (χ0n) is 11.7. The van der Waals surface area contributed by atoms with E-state index < -0.39 is 0 Å². The maximum Gasteiger partial charge on any atom is 0.337 e. The number of hydrogen-bond donors (Lipinski definition) is 2. The second kappa shape index (κ2) is 5.29. The molecular weight excluding hydrogens is 228 g/mol. The number of anilines is 2. The Morgan fingerprint density at radius 1 is 1.39 bits per heavy atom. The Bertz CT molecular complexity index is 436. The molecule has 0 spiro atoms. The Labute approximate surface area is 109 Å². The zero-order chi connectivity index (χ0) is 13.9. The first-order valence-electron chi connectivity index (χ1n) is 6.00. The molecule has 0 fully saturated rings. The van der Waals surface area contributed by atoms with Crippen LogP contribution in [-0.2, 0) is 4.74 Å². The molecule has 3 N–H and O–H groups in total. The number of nitrogens with one attached hydrogen (secondary N) is 1. The van der Waals surface area contributed by atoms with Crippen molar-refractivity contribution in [2.45, 2.75) is 33.7 Å². The van der Waals surface area contributed by atoms with E-state index in [2.05, 4.69) is 37.7 Å². The van der Waals surface area contributed by atoms with Crippen molar-refractivity contribution in [2.75, 3.05) is 18.2 Å². The van der Waals surface area contributed by atoms with Gasteiger partial charge >= 0.3 is 5.97 Å². The normalized spacial score (nSPS) is 12.9. The van der Waals surface area contributed by atoms with Gasteiger partial charge in [0.15, 0.2) is 0 Å². The van der Waals surface area contributed by atoms with Crippen molar-refractivity contribution in [3.8, 4) is 0 Å². The van der Waals surface area contributed by atoms with Gasteiger partial charge in [0.1, 0.15) is 0 Å². The van der Waals surface area contributed by atoms with Gasteiger partial charge in [0.2, 0.25) is 0 Å². The van der Waals surface area contributed by atoms with E-state index in [9.17, 15) is 4.79 Å². The maximum atomic E-state index is 11.4. The predicted molar refractivity (Wildman–Crippen MR) is 74.7 cm³/mol. The minimum absolute atomic E-state index is 0.132. The average molecular weight is 250 g/mol. The van der Waals surface area contributed by atoms with E-state index in [4.69, 9.17) is 5.73 Å². The monoisotopic (exact) mass is 250 g/mol. The molecule has 1 unspecified atom stereocenters. The van der Waals surface area contributed by atoms with Crippen molar-refractivity contribution in [1.82, 2.24) is 0 Å². The largest absolute Gasteiger partial charge is 0.465 e. The first kappa shape index (κ1) is 14.4. The number of carbonyl (C=O) groups excluding carboxylic acids is 1. The quantitative estimate of drug-likeness (QED) is 0.639. The molecule has 0 saturated carbocycles. The highest BCUT2D eigenvalue weighted by Gasteiger charge is 2.20. The molecule has 0 aliphatic rings. The average Bonchev–Trinajstić information content (AvgIpc) is 2.29. The van der Waals surface area contributed by atoms with Crippen LogP contribution >= 0.6 is 0 Å². The molecule has 18 heavy (non-hydrogen) atoms. The number of carbonyl (C=O) groups is 1. The molecule has 0 radical (unpaired) electrons. The van der Waals surface area contributed by atoms with E-state index in [1.165, 1.54) is 7.11 Å². The third kappa shape index (κ3) is 3.39. The molecule has 0 heterocycles. The van der Waals surface area contributed by atoms with Crippen LogP contribution in [0.2, 0.25) is 0 Å². The van der Waals surface area contributed by atoms with E-state index in [0.29, 0.717) is 11.3 Å². The molecule has 100 valence electrons. The van der Waals surface area contributed by atoms with E-state index >= 15 is 0 Å². The first-order valence-corrected chi connectivity index (χ1v) is 6.00. The van der Waals surface area contributed by atoms with Crippen LogP contribution in [-0.4, -0.2) is 19.1 Å². The third-order valence-electron chi connectivity index (χ3n) is 3.14. The van der Waals surface area contributed by atoms with Gasteiger partial charge in [0, 0.05) is 6.04 Å². The molecule has 1 aromatic rings. The van der Waals surface area contributed by atoms with Crippen molar-refractivity contribution in [1.29, 1.82) is 0 Å². The minimum Gasteiger partial charge on any atom is -0.465 e. The van der Waals surface area contributed by atoms with Crippen LogP contribution in [0, 0.1) is 5.41 Å². The lowest BCUT2D eigenvalue weighted by Gasteiger charge is -2.29. The number of benzene rings is 1. The van der Waals surface area contributed by atoms with Crippen molar-refractivity contribution in [3.05, 3.63) is 23.8 Å². The summed E-state index contributed by atoms with van der Waals surface area (Å²) in [4.78, 5) is 11.4. The van der Waals surface area contributed by atoms with Gasteiger partial charge in [0.05, 0.1) is 24.0 Å². The number of ether oxygens (including phenoxy) is 1. The third-order valence-corrected chi connectivity index (χ3v) is 3.14. The lowest BCUT2D eigenvalue weighted by molar-refractivity contribution is 0.0601. The molecule has 4 heteroatoms. The fourth-order valence-corrected chi connectivity index (χ4v) is 1.39.